The fraction of sp³-hybridized carbons (Fsp3) is 0.143. The minimum absolute atomic E-state index is 0.167. The Bertz CT molecular complexity index is 1330. The van der Waals surface area contributed by atoms with E-state index in [9.17, 15) is 9.59 Å². The highest BCUT2D eigenvalue weighted by Crippen LogP contribution is 2.34. The zero-order valence-electron chi connectivity index (χ0n) is 16.4. The fourth-order valence-electron chi connectivity index (χ4n) is 3.15. The van der Waals surface area contributed by atoms with Crippen LogP contribution in [0, 0.1) is 0 Å². The highest BCUT2D eigenvalue weighted by molar-refractivity contribution is 8.00. The number of fused-ring (bicyclic) bond motifs is 2. The topological polar surface area (TPSA) is 111 Å². The molecule has 2 N–H and O–H groups in total. The third-order valence-corrected chi connectivity index (χ3v) is 5.70. The molecule has 0 radical (unpaired) electrons. The number of aromatic amines is 1. The standard InChI is InChI=1S/C21H17N5O4S/c1-12(19(27)23-13-7-8-16-17(9-13)30-11-29-16)31-21-24-18-15(20(28)25-21)10-22-26(18)14-5-3-2-4-6-14/h2-10,12H,11H2,1H3,(H,23,27)(H,24,25,28). The van der Waals surface area contributed by atoms with E-state index in [1.807, 2.05) is 30.3 Å². The number of benzene rings is 2. The van der Waals surface area contributed by atoms with Gasteiger partial charge >= 0.3 is 0 Å². The van der Waals surface area contributed by atoms with E-state index < -0.39 is 5.25 Å². The first-order valence-electron chi connectivity index (χ1n) is 9.49. The van der Waals surface area contributed by atoms with Crippen molar-refractivity contribution in [1.82, 2.24) is 19.7 Å². The van der Waals surface area contributed by atoms with Gasteiger partial charge in [0.25, 0.3) is 5.56 Å². The van der Waals surface area contributed by atoms with Crippen LogP contribution in [0.4, 0.5) is 5.69 Å². The molecular formula is C21H17N5O4S. The number of nitrogens with one attached hydrogen (secondary N) is 2. The van der Waals surface area contributed by atoms with E-state index >= 15 is 0 Å². The number of aromatic nitrogens is 4. The van der Waals surface area contributed by atoms with Crippen LogP contribution in [0.2, 0.25) is 0 Å². The number of para-hydroxylation sites is 1. The zero-order chi connectivity index (χ0) is 21.4. The maximum Gasteiger partial charge on any atom is 0.262 e. The molecule has 2 aromatic heterocycles. The molecule has 10 heteroatoms. The lowest BCUT2D eigenvalue weighted by Gasteiger charge is -2.12. The van der Waals surface area contributed by atoms with Crippen molar-refractivity contribution >= 4 is 34.4 Å². The third-order valence-electron chi connectivity index (χ3n) is 4.71. The fourth-order valence-corrected chi connectivity index (χ4v) is 3.94. The first kappa shape index (κ1) is 19.2. The van der Waals surface area contributed by atoms with Crippen LogP contribution in [0.3, 0.4) is 0 Å². The molecule has 0 aliphatic carbocycles. The van der Waals surface area contributed by atoms with Gasteiger partial charge in [-0.05, 0) is 31.2 Å². The molecule has 9 nitrogen and oxygen atoms in total. The Kier molecular flexibility index (Phi) is 4.83. The Morgan fingerprint density at radius 1 is 1.19 bits per heavy atom. The van der Waals surface area contributed by atoms with Crippen molar-refractivity contribution in [2.75, 3.05) is 12.1 Å². The van der Waals surface area contributed by atoms with E-state index in [1.165, 1.54) is 6.20 Å². The van der Waals surface area contributed by atoms with E-state index in [-0.39, 0.29) is 18.3 Å². The third kappa shape index (κ3) is 3.73. The van der Waals surface area contributed by atoms with Crippen LogP contribution >= 0.6 is 11.8 Å². The first-order valence-corrected chi connectivity index (χ1v) is 10.4. The second-order valence-electron chi connectivity index (χ2n) is 6.82. The van der Waals surface area contributed by atoms with E-state index in [1.54, 1.807) is 29.8 Å². The van der Waals surface area contributed by atoms with Crippen LogP contribution in [0.15, 0.2) is 64.7 Å². The maximum absolute atomic E-state index is 12.7. The van der Waals surface area contributed by atoms with E-state index in [0.29, 0.717) is 33.4 Å². The Morgan fingerprint density at radius 2 is 2.00 bits per heavy atom. The summed E-state index contributed by atoms with van der Waals surface area (Å²) in [6.45, 7) is 1.91. The quantitative estimate of drug-likeness (QED) is 0.366. The van der Waals surface area contributed by atoms with Crippen molar-refractivity contribution in [3.8, 4) is 17.2 Å². The van der Waals surface area contributed by atoms with Gasteiger partial charge in [-0.1, -0.05) is 30.0 Å². The average Bonchev–Trinajstić information content (AvgIpc) is 3.41. The zero-order valence-corrected chi connectivity index (χ0v) is 17.2. The van der Waals surface area contributed by atoms with Gasteiger partial charge in [0.15, 0.2) is 22.3 Å². The molecule has 1 aliphatic heterocycles. The van der Waals surface area contributed by atoms with Crippen molar-refractivity contribution in [1.29, 1.82) is 0 Å². The molecule has 5 rings (SSSR count). The summed E-state index contributed by atoms with van der Waals surface area (Å²) in [6.07, 6.45) is 1.48. The summed E-state index contributed by atoms with van der Waals surface area (Å²) < 4.78 is 12.2. The lowest BCUT2D eigenvalue weighted by molar-refractivity contribution is -0.115. The van der Waals surface area contributed by atoms with Gasteiger partial charge in [-0.25, -0.2) is 9.67 Å². The van der Waals surface area contributed by atoms with Gasteiger partial charge < -0.3 is 19.8 Å². The summed E-state index contributed by atoms with van der Waals surface area (Å²) in [5.74, 6) is 0.998. The molecule has 1 aliphatic rings. The number of H-pyrrole nitrogens is 1. The van der Waals surface area contributed by atoms with Gasteiger partial charge in [-0.2, -0.15) is 5.10 Å². The molecule has 1 atom stereocenters. The van der Waals surface area contributed by atoms with Crippen molar-refractivity contribution in [2.24, 2.45) is 0 Å². The number of thioether (sulfide) groups is 1. The molecule has 2 aromatic carbocycles. The summed E-state index contributed by atoms with van der Waals surface area (Å²) in [5, 5.41) is 7.33. The number of nitrogens with zero attached hydrogens (tertiary/aromatic N) is 3. The van der Waals surface area contributed by atoms with Crippen molar-refractivity contribution < 1.29 is 14.3 Å². The molecule has 0 fully saturated rings. The number of amides is 1. The smallest absolute Gasteiger partial charge is 0.262 e. The van der Waals surface area contributed by atoms with Crippen molar-refractivity contribution in [3.63, 3.8) is 0 Å². The minimum atomic E-state index is -0.515. The predicted molar refractivity (Wildman–Crippen MR) is 116 cm³/mol. The molecule has 0 saturated carbocycles. The SMILES string of the molecule is CC(Sc1nc2c(cnn2-c2ccccc2)c(=O)[nH]1)C(=O)Nc1ccc2c(c1)OCO2. The second-order valence-corrected chi connectivity index (χ2v) is 8.15. The number of ether oxygens (including phenoxy) is 2. The van der Waals surface area contributed by atoms with Crippen LogP contribution in [0.1, 0.15) is 6.92 Å². The van der Waals surface area contributed by atoms with Crippen LogP contribution in [0.5, 0.6) is 11.5 Å². The van der Waals surface area contributed by atoms with Gasteiger partial charge in [-0.3, -0.25) is 9.59 Å². The molecule has 3 heterocycles. The monoisotopic (exact) mass is 435 g/mol. The van der Waals surface area contributed by atoms with Gasteiger partial charge in [0.1, 0.15) is 5.39 Å². The lowest BCUT2D eigenvalue weighted by Crippen LogP contribution is -2.23. The molecular weight excluding hydrogens is 418 g/mol. The average molecular weight is 435 g/mol. The lowest BCUT2D eigenvalue weighted by atomic mass is 10.2. The van der Waals surface area contributed by atoms with Gasteiger partial charge in [0.2, 0.25) is 12.7 Å². The Morgan fingerprint density at radius 3 is 2.84 bits per heavy atom. The second kappa shape index (κ2) is 7.80. The largest absolute Gasteiger partial charge is 0.454 e. The van der Waals surface area contributed by atoms with E-state index in [0.717, 1.165) is 17.4 Å². The van der Waals surface area contributed by atoms with Crippen molar-refractivity contribution in [3.05, 3.63) is 65.1 Å². The van der Waals surface area contributed by atoms with E-state index in [4.69, 9.17) is 9.47 Å². The molecule has 156 valence electrons. The molecule has 4 aromatic rings. The summed E-state index contributed by atoms with van der Waals surface area (Å²) in [4.78, 5) is 32.4. The van der Waals surface area contributed by atoms with Crippen molar-refractivity contribution in [2.45, 2.75) is 17.3 Å². The summed E-state index contributed by atoms with van der Waals surface area (Å²) in [6, 6.07) is 14.6. The predicted octanol–water partition coefficient (Wildman–Crippen LogP) is 2.96. The summed E-state index contributed by atoms with van der Waals surface area (Å²) in [5.41, 5.74) is 1.51. The van der Waals surface area contributed by atoms with Gasteiger partial charge in [0, 0.05) is 11.8 Å². The Balaban J connectivity index is 1.37. The number of carbonyl (C=O) groups excluding carboxylic acids is 1. The molecule has 1 unspecified atom stereocenters. The molecule has 31 heavy (non-hydrogen) atoms. The number of hydrogen-bond donors (Lipinski definition) is 2. The Labute approximate surface area is 180 Å². The normalized spacial score (nSPS) is 13.3. The highest BCUT2D eigenvalue weighted by Gasteiger charge is 2.20. The van der Waals surface area contributed by atoms with E-state index in [2.05, 4.69) is 20.4 Å². The number of hydrogen-bond acceptors (Lipinski definition) is 7. The molecule has 0 bridgehead atoms. The first-order chi connectivity index (χ1) is 15.1. The van der Waals surface area contributed by atoms with Crippen LogP contribution in [-0.4, -0.2) is 37.7 Å². The van der Waals surface area contributed by atoms with Gasteiger partial charge in [-0.15, -0.1) is 0 Å². The maximum atomic E-state index is 12.7. The Hall–Kier alpha value is -3.79. The molecule has 0 saturated heterocycles. The summed E-state index contributed by atoms with van der Waals surface area (Å²) >= 11 is 1.16. The van der Waals surface area contributed by atoms with Crippen LogP contribution < -0.4 is 20.3 Å². The number of anilines is 1. The number of carbonyl (C=O) groups is 1. The number of rotatable bonds is 5. The van der Waals surface area contributed by atoms with Crippen LogP contribution in [-0.2, 0) is 4.79 Å². The van der Waals surface area contributed by atoms with Gasteiger partial charge in [0.05, 0.1) is 17.1 Å². The minimum Gasteiger partial charge on any atom is -0.454 e. The highest BCUT2D eigenvalue weighted by atomic mass is 32.2. The van der Waals surface area contributed by atoms with Crippen LogP contribution in [0.25, 0.3) is 16.7 Å². The summed E-state index contributed by atoms with van der Waals surface area (Å²) in [7, 11) is 0. The molecule has 1 amide bonds. The molecule has 0 spiro atoms.